The molecule has 0 bridgehead atoms. The smallest absolute Gasteiger partial charge is 0.222 e. The molecule has 0 aromatic carbocycles. The number of carbonyl (C=O) groups excluding carboxylic acids is 1. The van der Waals surface area contributed by atoms with Crippen LogP contribution in [-0.4, -0.2) is 37.0 Å². The molecule has 0 spiro atoms. The molecule has 0 saturated heterocycles. The molecule has 0 aromatic heterocycles. The molecule has 80 valence electrons. The standard InChI is InChI=1S/C11H20N2O/c1-10(2)11(14)12-6-5-9-13-7-3-4-8-13/h3-4,10H,5-9H2,1-2H3,(H,12,14). The van der Waals surface area contributed by atoms with Crippen LogP contribution in [0.3, 0.4) is 0 Å². The van der Waals surface area contributed by atoms with Crippen molar-refractivity contribution >= 4 is 5.91 Å². The first-order chi connectivity index (χ1) is 6.70. The highest BCUT2D eigenvalue weighted by Gasteiger charge is 2.07. The summed E-state index contributed by atoms with van der Waals surface area (Å²) in [7, 11) is 0. The minimum absolute atomic E-state index is 0.100. The van der Waals surface area contributed by atoms with Crippen molar-refractivity contribution in [3.8, 4) is 0 Å². The van der Waals surface area contributed by atoms with Crippen molar-refractivity contribution in [2.45, 2.75) is 20.3 Å². The summed E-state index contributed by atoms with van der Waals surface area (Å²) >= 11 is 0. The molecule has 14 heavy (non-hydrogen) atoms. The van der Waals surface area contributed by atoms with Crippen LogP contribution < -0.4 is 5.32 Å². The largest absolute Gasteiger partial charge is 0.356 e. The van der Waals surface area contributed by atoms with Crippen molar-refractivity contribution in [3.05, 3.63) is 12.2 Å². The first-order valence-corrected chi connectivity index (χ1v) is 5.35. The molecule has 0 radical (unpaired) electrons. The van der Waals surface area contributed by atoms with E-state index in [2.05, 4.69) is 22.4 Å². The van der Waals surface area contributed by atoms with Crippen LogP contribution in [0.2, 0.25) is 0 Å². The lowest BCUT2D eigenvalue weighted by atomic mass is 10.2. The Morgan fingerprint density at radius 1 is 1.43 bits per heavy atom. The van der Waals surface area contributed by atoms with Crippen molar-refractivity contribution in [3.63, 3.8) is 0 Å². The van der Waals surface area contributed by atoms with Crippen LogP contribution >= 0.6 is 0 Å². The molecule has 0 aliphatic carbocycles. The third-order valence-corrected chi connectivity index (χ3v) is 2.37. The van der Waals surface area contributed by atoms with Gasteiger partial charge in [-0.25, -0.2) is 0 Å². The monoisotopic (exact) mass is 196 g/mol. The van der Waals surface area contributed by atoms with Gasteiger partial charge in [-0.05, 0) is 6.42 Å². The van der Waals surface area contributed by atoms with E-state index < -0.39 is 0 Å². The number of amides is 1. The van der Waals surface area contributed by atoms with Crippen molar-refractivity contribution in [2.75, 3.05) is 26.2 Å². The van der Waals surface area contributed by atoms with Gasteiger partial charge in [0.2, 0.25) is 5.91 Å². The Bertz CT molecular complexity index is 203. The maximum Gasteiger partial charge on any atom is 0.222 e. The molecule has 1 aliphatic heterocycles. The van der Waals surface area contributed by atoms with E-state index in [0.29, 0.717) is 0 Å². The fraction of sp³-hybridized carbons (Fsp3) is 0.727. The number of nitrogens with one attached hydrogen (secondary N) is 1. The van der Waals surface area contributed by atoms with Gasteiger partial charge in [-0.2, -0.15) is 0 Å². The zero-order chi connectivity index (χ0) is 10.4. The molecule has 1 amide bonds. The van der Waals surface area contributed by atoms with Gasteiger partial charge in [0.1, 0.15) is 0 Å². The molecule has 0 atom stereocenters. The van der Waals surface area contributed by atoms with Gasteiger partial charge in [0.15, 0.2) is 0 Å². The van der Waals surface area contributed by atoms with Crippen molar-refractivity contribution < 1.29 is 4.79 Å². The maximum absolute atomic E-state index is 11.2. The Balaban J connectivity index is 1.96. The van der Waals surface area contributed by atoms with Gasteiger partial charge in [-0.1, -0.05) is 26.0 Å². The molecular weight excluding hydrogens is 176 g/mol. The third-order valence-electron chi connectivity index (χ3n) is 2.37. The number of hydrogen-bond donors (Lipinski definition) is 1. The normalized spacial score (nSPS) is 16.5. The van der Waals surface area contributed by atoms with E-state index in [1.165, 1.54) is 0 Å². The summed E-state index contributed by atoms with van der Waals surface area (Å²) in [6.07, 6.45) is 5.42. The quantitative estimate of drug-likeness (QED) is 0.526. The SMILES string of the molecule is CC(C)C(=O)NCCCN1CC=CC1. The average Bonchev–Trinajstić information content (AvgIpc) is 2.64. The second kappa shape index (κ2) is 5.81. The van der Waals surface area contributed by atoms with Gasteiger partial charge >= 0.3 is 0 Å². The molecule has 3 heteroatoms. The average molecular weight is 196 g/mol. The lowest BCUT2D eigenvalue weighted by Crippen LogP contribution is -2.31. The molecule has 1 rings (SSSR count). The fourth-order valence-electron chi connectivity index (χ4n) is 1.42. The molecule has 1 aliphatic rings. The number of rotatable bonds is 5. The summed E-state index contributed by atoms with van der Waals surface area (Å²) in [6.45, 7) is 7.84. The summed E-state index contributed by atoms with van der Waals surface area (Å²) in [6, 6.07) is 0. The van der Waals surface area contributed by atoms with Gasteiger partial charge in [-0.15, -0.1) is 0 Å². The summed E-state index contributed by atoms with van der Waals surface area (Å²) in [5.41, 5.74) is 0. The van der Waals surface area contributed by atoms with Crippen LogP contribution in [0.5, 0.6) is 0 Å². The second-order valence-electron chi connectivity index (χ2n) is 4.03. The minimum Gasteiger partial charge on any atom is -0.356 e. The lowest BCUT2D eigenvalue weighted by Gasteiger charge is -2.14. The summed E-state index contributed by atoms with van der Waals surface area (Å²) < 4.78 is 0. The summed E-state index contributed by atoms with van der Waals surface area (Å²) in [4.78, 5) is 13.6. The van der Waals surface area contributed by atoms with Crippen LogP contribution in [0.4, 0.5) is 0 Å². The van der Waals surface area contributed by atoms with E-state index in [0.717, 1.165) is 32.6 Å². The molecule has 0 saturated carbocycles. The number of carbonyl (C=O) groups is 1. The highest BCUT2D eigenvalue weighted by atomic mass is 16.1. The van der Waals surface area contributed by atoms with Crippen LogP contribution in [0.1, 0.15) is 20.3 Å². The predicted molar refractivity (Wildman–Crippen MR) is 58.0 cm³/mol. The second-order valence-corrected chi connectivity index (χ2v) is 4.03. The van der Waals surface area contributed by atoms with E-state index >= 15 is 0 Å². The van der Waals surface area contributed by atoms with E-state index in [1.54, 1.807) is 0 Å². The zero-order valence-electron chi connectivity index (χ0n) is 9.12. The van der Waals surface area contributed by atoms with Crippen molar-refractivity contribution in [2.24, 2.45) is 5.92 Å². The summed E-state index contributed by atoms with van der Waals surface area (Å²) in [5.74, 6) is 0.257. The first kappa shape index (κ1) is 11.2. The Morgan fingerprint density at radius 2 is 2.07 bits per heavy atom. The fourth-order valence-corrected chi connectivity index (χ4v) is 1.42. The van der Waals surface area contributed by atoms with Gasteiger partial charge < -0.3 is 5.32 Å². The Morgan fingerprint density at radius 3 is 2.64 bits per heavy atom. The van der Waals surface area contributed by atoms with E-state index in [9.17, 15) is 4.79 Å². The topological polar surface area (TPSA) is 32.3 Å². The number of nitrogens with zero attached hydrogens (tertiary/aromatic N) is 1. The highest BCUT2D eigenvalue weighted by Crippen LogP contribution is 1.99. The van der Waals surface area contributed by atoms with Crippen LogP contribution in [0, 0.1) is 5.92 Å². The molecule has 0 aromatic rings. The van der Waals surface area contributed by atoms with Crippen molar-refractivity contribution in [1.29, 1.82) is 0 Å². The first-order valence-electron chi connectivity index (χ1n) is 5.35. The Kier molecular flexibility index (Phi) is 4.66. The molecular formula is C11H20N2O. The maximum atomic E-state index is 11.2. The van der Waals surface area contributed by atoms with E-state index in [4.69, 9.17) is 0 Å². The molecule has 0 fully saturated rings. The van der Waals surface area contributed by atoms with Gasteiger partial charge in [0, 0.05) is 32.1 Å². The van der Waals surface area contributed by atoms with Crippen LogP contribution in [0.15, 0.2) is 12.2 Å². The zero-order valence-corrected chi connectivity index (χ0v) is 9.12. The number of hydrogen-bond acceptors (Lipinski definition) is 2. The Labute approximate surface area is 86.2 Å². The third kappa shape index (κ3) is 3.92. The Hall–Kier alpha value is -0.830. The summed E-state index contributed by atoms with van der Waals surface area (Å²) in [5, 5.41) is 2.92. The lowest BCUT2D eigenvalue weighted by molar-refractivity contribution is -0.123. The van der Waals surface area contributed by atoms with Crippen LogP contribution in [0.25, 0.3) is 0 Å². The molecule has 3 nitrogen and oxygen atoms in total. The predicted octanol–water partition coefficient (Wildman–Crippen LogP) is 1.02. The van der Waals surface area contributed by atoms with E-state index in [-0.39, 0.29) is 11.8 Å². The molecule has 0 unspecified atom stereocenters. The van der Waals surface area contributed by atoms with Crippen LogP contribution in [-0.2, 0) is 4.79 Å². The van der Waals surface area contributed by atoms with Gasteiger partial charge in [0.05, 0.1) is 0 Å². The highest BCUT2D eigenvalue weighted by molar-refractivity contribution is 5.77. The van der Waals surface area contributed by atoms with Gasteiger partial charge in [0.25, 0.3) is 0 Å². The minimum atomic E-state index is 0.100. The van der Waals surface area contributed by atoms with Crippen molar-refractivity contribution in [1.82, 2.24) is 10.2 Å². The molecule has 1 N–H and O–H groups in total. The van der Waals surface area contributed by atoms with E-state index in [1.807, 2.05) is 13.8 Å². The molecule has 1 heterocycles. The van der Waals surface area contributed by atoms with Gasteiger partial charge in [-0.3, -0.25) is 9.69 Å².